The second-order valence-electron chi connectivity index (χ2n) is 12.3. The minimum atomic E-state index is 0.849. The Balaban J connectivity index is 1.25. The van der Waals surface area contributed by atoms with Gasteiger partial charge in [0.15, 0.2) is 0 Å². The van der Waals surface area contributed by atoms with E-state index in [2.05, 4.69) is 161 Å². The van der Waals surface area contributed by atoms with Crippen LogP contribution >= 0.6 is 0 Å². The number of hydrogen-bond donors (Lipinski definition) is 0. The van der Waals surface area contributed by atoms with E-state index in [4.69, 9.17) is 10.3 Å². The highest BCUT2D eigenvalue weighted by Gasteiger charge is 2.23. The lowest BCUT2D eigenvalue weighted by Crippen LogP contribution is -2.00. The molecule has 0 fully saturated rings. The van der Waals surface area contributed by atoms with Gasteiger partial charge in [-0.3, -0.25) is 0 Å². The predicted octanol–water partition coefficient (Wildman–Crippen LogP) is 10.8. The van der Waals surface area contributed by atoms with Crippen LogP contribution in [0.15, 0.2) is 176 Å². The lowest BCUT2D eigenvalue weighted by atomic mass is 9.99. The molecule has 10 rings (SSSR count). The molecule has 230 valence electrons. The fourth-order valence-corrected chi connectivity index (χ4v) is 7.53. The van der Waals surface area contributed by atoms with Crippen molar-refractivity contribution in [2.45, 2.75) is 0 Å². The van der Waals surface area contributed by atoms with Gasteiger partial charge in [0.25, 0.3) is 0 Å². The molecule has 0 radical (unpaired) electrons. The highest BCUT2D eigenvalue weighted by molar-refractivity contribution is 6.16. The number of nitrogens with zero attached hydrogens (tertiary/aromatic N) is 5. The molecule has 0 unspecified atom stereocenters. The van der Waals surface area contributed by atoms with Crippen molar-refractivity contribution in [3.63, 3.8) is 0 Å². The van der Waals surface area contributed by atoms with Gasteiger partial charge in [-0.05, 0) is 54.6 Å². The normalized spacial score (nSPS) is 11.7. The lowest BCUT2D eigenvalue weighted by Gasteiger charge is -2.13. The van der Waals surface area contributed by atoms with Crippen LogP contribution in [0.3, 0.4) is 0 Å². The smallest absolute Gasteiger partial charge is 0.121 e. The molecule has 0 saturated heterocycles. The van der Waals surface area contributed by atoms with Gasteiger partial charge in [0.2, 0.25) is 0 Å². The maximum atomic E-state index is 4.78. The number of rotatable bonds is 5. The summed E-state index contributed by atoms with van der Waals surface area (Å²) in [5.74, 6) is 0. The zero-order valence-corrected chi connectivity index (χ0v) is 26.5. The third-order valence-electron chi connectivity index (χ3n) is 9.60. The molecule has 0 saturated carbocycles. The largest absolute Gasteiger partial charge is 0.309 e. The fraction of sp³-hybridized carbons (Fsp3) is 0. The van der Waals surface area contributed by atoms with Crippen molar-refractivity contribution in [3.05, 3.63) is 176 Å². The van der Waals surface area contributed by atoms with Gasteiger partial charge in [-0.25, -0.2) is 4.68 Å². The van der Waals surface area contributed by atoms with Crippen LogP contribution in [0.1, 0.15) is 0 Å². The second kappa shape index (κ2) is 10.9. The minimum Gasteiger partial charge on any atom is -0.309 e. The monoisotopic (exact) mass is 627 g/mol. The number of para-hydroxylation sites is 4. The Bertz CT molecular complexity index is 2710. The molecule has 0 N–H and O–H groups in total. The molecule has 0 spiro atoms. The van der Waals surface area contributed by atoms with E-state index < -0.39 is 0 Å². The summed E-state index contributed by atoms with van der Waals surface area (Å²) in [6, 6.07) is 62.1. The van der Waals surface area contributed by atoms with Gasteiger partial charge < -0.3 is 9.13 Å². The van der Waals surface area contributed by atoms with Gasteiger partial charge in [0, 0.05) is 44.0 Å². The summed E-state index contributed by atoms with van der Waals surface area (Å²) in [5.41, 5.74) is 11.8. The zero-order valence-electron chi connectivity index (χ0n) is 26.5. The molecule has 0 amide bonds. The van der Waals surface area contributed by atoms with Gasteiger partial charge in [0.05, 0.1) is 27.8 Å². The van der Waals surface area contributed by atoms with E-state index in [1.807, 2.05) is 28.9 Å². The van der Waals surface area contributed by atoms with Crippen LogP contribution in [0.2, 0.25) is 0 Å². The number of hydrogen-bond acceptors (Lipinski definition) is 2. The van der Waals surface area contributed by atoms with Gasteiger partial charge in [0.1, 0.15) is 11.4 Å². The molecule has 5 nitrogen and oxygen atoms in total. The molecular weight excluding hydrogens is 599 g/mol. The SMILES string of the molecule is c1ccc(-c2nnn(-c3ccccc3)c2-c2cccc3c2c2ccccc2n3-c2cccc(-n3c4ccccc4c4ccccc43)c2)cc1. The van der Waals surface area contributed by atoms with Crippen LogP contribution in [0.5, 0.6) is 0 Å². The van der Waals surface area contributed by atoms with E-state index in [1.54, 1.807) is 0 Å². The van der Waals surface area contributed by atoms with Crippen molar-refractivity contribution in [2.75, 3.05) is 0 Å². The Hall–Kier alpha value is -6.72. The Labute approximate surface area is 282 Å². The van der Waals surface area contributed by atoms with E-state index in [9.17, 15) is 0 Å². The first-order valence-electron chi connectivity index (χ1n) is 16.5. The Morgan fingerprint density at radius 3 is 1.55 bits per heavy atom. The summed E-state index contributed by atoms with van der Waals surface area (Å²) in [7, 11) is 0. The van der Waals surface area contributed by atoms with Gasteiger partial charge in [-0.2, -0.15) is 0 Å². The lowest BCUT2D eigenvalue weighted by molar-refractivity contribution is 0.809. The Kier molecular flexibility index (Phi) is 6.11. The van der Waals surface area contributed by atoms with Gasteiger partial charge >= 0.3 is 0 Å². The minimum absolute atomic E-state index is 0.849. The summed E-state index contributed by atoms with van der Waals surface area (Å²) >= 11 is 0. The molecule has 0 aliphatic heterocycles. The maximum absolute atomic E-state index is 4.78. The van der Waals surface area contributed by atoms with Crippen molar-refractivity contribution < 1.29 is 0 Å². The predicted molar refractivity (Wildman–Crippen MR) is 201 cm³/mol. The van der Waals surface area contributed by atoms with E-state index in [0.29, 0.717) is 0 Å². The van der Waals surface area contributed by atoms with Crippen LogP contribution in [-0.2, 0) is 0 Å². The van der Waals surface area contributed by atoms with E-state index in [0.717, 1.165) is 56.0 Å². The van der Waals surface area contributed by atoms with Crippen molar-refractivity contribution in [1.82, 2.24) is 24.1 Å². The fourth-order valence-electron chi connectivity index (χ4n) is 7.53. The number of fused-ring (bicyclic) bond motifs is 6. The average Bonchev–Trinajstić information content (AvgIpc) is 3.86. The molecule has 7 aromatic carbocycles. The van der Waals surface area contributed by atoms with E-state index in [1.165, 1.54) is 27.2 Å². The van der Waals surface area contributed by atoms with Crippen LogP contribution in [0.4, 0.5) is 0 Å². The molecule has 3 aromatic heterocycles. The van der Waals surface area contributed by atoms with Crippen LogP contribution < -0.4 is 0 Å². The summed E-state index contributed by atoms with van der Waals surface area (Å²) in [6.45, 7) is 0. The van der Waals surface area contributed by atoms with Crippen LogP contribution in [-0.4, -0.2) is 24.1 Å². The van der Waals surface area contributed by atoms with Gasteiger partial charge in [-0.1, -0.05) is 127 Å². The van der Waals surface area contributed by atoms with E-state index >= 15 is 0 Å². The first kappa shape index (κ1) is 27.4. The Morgan fingerprint density at radius 1 is 0.388 bits per heavy atom. The highest BCUT2D eigenvalue weighted by Crippen LogP contribution is 2.42. The maximum Gasteiger partial charge on any atom is 0.121 e. The average molecular weight is 628 g/mol. The number of aromatic nitrogens is 5. The standard InChI is InChI=1S/C44H29N5/c1-3-15-30(16-4-1)43-44(49(46-45-43)31-17-5-2-6-18-31)37-24-14-28-41-42(37)36-23-9-12-27-40(36)48(41)33-20-13-19-32(29-33)47-38-25-10-7-21-34(38)35-22-8-11-26-39(35)47/h1-29H. The third-order valence-corrected chi connectivity index (χ3v) is 9.60. The van der Waals surface area contributed by atoms with Crippen LogP contribution in [0.25, 0.3) is 83.2 Å². The molecular formula is C44H29N5. The Morgan fingerprint density at radius 2 is 0.878 bits per heavy atom. The quantitative estimate of drug-likeness (QED) is 0.190. The first-order valence-corrected chi connectivity index (χ1v) is 16.5. The summed E-state index contributed by atoms with van der Waals surface area (Å²) < 4.78 is 6.75. The topological polar surface area (TPSA) is 40.6 Å². The third kappa shape index (κ3) is 4.19. The second-order valence-corrected chi connectivity index (χ2v) is 12.3. The number of benzene rings is 7. The molecule has 5 heteroatoms. The molecule has 3 heterocycles. The molecule has 49 heavy (non-hydrogen) atoms. The van der Waals surface area contributed by atoms with Gasteiger partial charge in [-0.15, -0.1) is 5.10 Å². The summed E-state index contributed by atoms with van der Waals surface area (Å²) in [6.07, 6.45) is 0. The zero-order chi connectivity index (χ0) is 32.3. The van der Waals surface area contributed by atoms with Crippen molar-refractivity contribution in [3.8, 4) is 39.6 Å². The van der Waals surface area contributed by atoms with Crippen molar-refractivity contribution in [2.24, 2.45) is 0 Å². The van der Waals surface area contributed by atoms with E-state index in [-0.39, 0.29) is 0 Å². The van der Waals surface area contributed by atoms with Crippen LogP contribution in [0, 0.1) is 0 Å². The molecule has 10 aromatic rings. The first-order chi connectivity index (χ1) is 24.3. The molecule has 0 aliphatic rings. The summed E-state index contributed by atoms with van der Waals surface area (Å²) in [5, 5.41) is 14.4. The molecule has 0 bridgehead atoms. The summed E-state index contributed by atoms with van der Waals surface area (Å²) in [4.78, 5) is 0. The molecule has 0 atom stereocenters. The molecule has 0 aliphatic carbocycles. The van der Waals surface area contributed by atoms with Crippen molar-refractivity contribution in [1.29, 1.82) is 0 Å². The highest BCUT2D eigenvalue weighted by atomic mass is 15.4. The van der Waals surface area contributed by atoms with Crippen molar-refractivity contribution >= 4 is 43.6 Å².